The van der Waals surface area contributed by atoms with Crippen molar-refractivity contribution in [2.45, 2.75) is 70.0 Å². The number of hydrogen-bond donors (Lipinski definition) is 3. The number of ether oxygens (including phenoxy) is 1. The second-order valence-electron chi connectivity index (χ2n) is 9.81. The Morgan fingerprint density at radius 2 is 1.75 bits per heavy atom. The summed E-state index contributed by atoms with van der Waals surface area (Å²) in [7, 11) is 1.86. The lowest BCUT2D eigenvalue weighted by Crippen LogP contribution is -2.59. The normalized spacial score (nSPS) is 20.8. The number of aliphatic imine (C=N–C) groups is 1. The van der Waals surface area contributed by atoms with Crippen LogP contribution in [0.4, 0.5) is 0 Å². The van der Waals surface area contributed by atoms with Gasteiger partial charge in [0.15, 0.2) is 5.96 Å². The lowest BCUT2D eigenvalue weighted by atomic mass is 9.88. The fourth-order valence-corrected chi connectivity index (χ4v) is 4.80. The third kappa shape index (κ3) is 7.85. The lowest BCUT2D eigenvalue weighted by Gasteiger charge is -2.42. The Kier molecular flexibility index (Phi) is 11.2. The molecule has 2 heterocycles. The van der Waals surface area contributed by atoms with Gasteiger partial charge >= 0.3 is 0 Å². The van der Waals surface area contributed by atoms with E-state index in [2.05, 4.69) is 76.9 Å². The van der Waals surface area contributed by atoms with Crippen LogP contribution < -0.4 is 16.0 Å². The van der Waals surface area contributed by atoms with Crippen molar-refractivity contribution >= 4 is 29.9 Å². The summed E-state index contributed by atoms with van der Waals surface area (Å²) in [4.78, 5) is 7.12. The summed E-state index contributed by atoms with van der Waals surface area (Å²) in [5.41, 5.74) is 1.43. The second kappa shape index (κ2) is 13.1. The van der Waals surface area contributed by atoms with Gasteiger partial charge in [-0.2, -0.15) is 0 Å². The fourth-order valence-electron chi connectivity index (χ4n) is 4.80. The van der Waals surface area contributed by atoms with E-state index >= 15 is 0 Å². The number of nitrogens with one attached hydrogen (secondary N) is 3. The summed E-state index contributed by atoms with van der Waals surface area (Å²) >= 11 is 0. The Morgan fingerprint density at radius 3 is 2.38 bits per heavy atom. The first kappa shape index (κ1) is 27.3. The minimum atomic E-state index is -0.00643. The highest BCUT2D eigenvalue weighted by Crippen LogP contribution is 2.25. The van der Waals surface area contributed by atoms with E-state index in [1.807, 2.05) is 7.05 Å². The van der Waals surface area contributed by atoms with Crippen LogP contribution in [0.5, 0.6) is 0 Å². The third-order valence-electron chi connectivity index (χ3n) is 6.99. The highest BCUT2D eigenvalue weighted by Gasteiger charge is 2.34. The average Bonchev–Trinajstić information content (AvgIpc) is 2.81. The molecule has 0 bridgehead atoms. The van der Waals surface area contributed by atoms with E-state index in [0.717, 1.165) is 45.1 Å². The summed E-state index contributed by atoms with van der Waals surface area (Å²) in [5, 5.41) is 11.1. The summed E-state index contributed by atoms with van der Waals surface area (Å²) in [6.45, 7) is 12.6. The summed E-state index contributed by atoms with van der Waals surface area (Å²) in [6, 6.07) is 11.0. The van der Waals surface area contributed by atoms with Gasteiger partial charge in [0.2, 0.25) is 0 Å². The minimum Gasteiger partial charge on any atom is -0.381 e. The predicted molar refractivity (Wildman–Crippen MR) is 145 cm³/mol. The molecule has 1 aromatic carbocycles. The largest absolute Gasteiger partial charge is 0.381 e. The zero-order valence-corrected chi connectivity index (χ0v) is 22.8. The molecule has 0 amide bonds. The van der Waals surface area contributed by atoms with Crippen LogP contribution in [-0.4, -0.2) is 68.4 Å². The molecule has 0 aliphatic carbocycles. The van der Waals surface area contributed by atoms with Gasteiger partial charge in [-0.1, -0.05) is 36.8 Å². The molecule has 0 aromatic heterocycles. The van der Waals surface area contributed by atoms with Gasteiger partial charge in [0.1, 0.15) is 0 Å². The summed E-state index contributed by atoms with van der Waals surface area (Å²) in [6.07, 6.45) is 5.98. The molecule has 2 aliphatic rings. The van der Waals surface area contributed by atoms with Crippen molar-refractivity contribution in [1.29, 1.82) is 0 Å². The van der Waals surface area contributed by atoms with Gasteiger partial charge in [0.05, 0.1) is 0 Å². The van der Waals surface area contributed by atoms with Crippen LogP contribution in [0.1, 0.15) is 64.5 Å². The van der Waals surface area contributed by atoms with Crippen LogP contribution in [0.3, 0.4) is 0 Å². The van der Waals surface area contributed by atoms with Crippen molar-refractivity contribution in [3.8, 4) is 0 Å². The van der Waals surface area contributed by atoms with Crippen LogP contribution in [0.25, 0.3) is 0 Å². The fraction of sp³-hybridized carbons (Fsp3) is 0.720. The van der Waals surface area contributed by atoms with E-state index in [9.17, 15) is 0 Å². The zero-order valence-electron chi connectivity index (χ0n) is 20.5. The highest BCUT2D eigenvalue weighted by molar-refractivity contribution is 14.0. The summed E-state index contributed by atoms with van der Waals surface area (Å²) in [5.74, 6) is 0.880. The van der Waals surface area contributed by atoms with Crippen LogP contribution in [0.15, 0.2) is 35.3 Å². The van der Waals surface area contributed by atoms with Gasteiger partial charge in [0, 0.05) is 50.5 Å². The zero-order chi connectivity index (χ0) is 22.2. The molecule has 3 N–H and O–H groups in total. The molecule has 3 rings (SSSR count). The van der Waals surface area contributed by atoms with Crippen LogP contribution in [-0.2, 0) is 4.74 Å². The predicted octanol–water partition coefficient (Wildman–Crippen LogP) is 3.93. The maximum Gasteiger partial charge on any atom is 0.191 e. The molecule has 2 aliphatic heterocycles. The van der Waals surface area contributed by atoms with E-state index < -0.39 is 0 Å². The van der Waals surface area contributed by atoms with Crippen molar-refractivity contribution < 1.29 is 4.74 Å². The van der Waals surface area contributed by atoms with E-state index in [0.29, 0.717) is 0 Å². The Bertz CT molecular complexity index is 685. The maximum atomic E-state index is 5.69. The number of piperidine rings is 1. The standard InChI is InChI=1S/C25H43N5O.HI/c1-21(22-11-7-5-8-12-22)29-25(13-17-31-18-14-25)20-28-23(26-4)27-19-24(2,3)30-15-9-6-10-16-30;/h5,7-8,11-12,21,29H,6,9-10,13-20H2,1-4H3,(H2,26,27,28);1H. The Morgan fingerprint density at radius 1 is 1.09 bits per heavy atom. The van der Waals surface area contributed by atoms with Gasteiger partial charge < -0.3 is 20.7 Å². The van der Waals surface area contributed by atoms with Crippen molar-refractivity contribution in [3.05, 3.63) is 35.9 Å². The number of hydrogen-bond acceptors (Lipinski definition) is 4. The molecule has 7 heteroatoms. The van der Waals surface area contributed by atoms with Gasteiger partial charge in [-0.3, -0.25) is 9.89 Å². The van der Waals surface area contributed by atoms with Crippen molar-refractivity contribution in [1.82, 2.24) is 20.9 Å². The number of likely N-dealkylation sites (tertiary alicyclic amines) is 1. The van der Waals surface area contributed by atoms with Crippen LogP contribution >= 0.6 is 24.0 Å². The third-order valence-corrected chi connectivity index (χ3v) is 6.99. The van der Waals surface area contributed by atoms with E-state index in [-0.39, 0.29) is 41.1 Å². The second-order valence-corrected chi connectivity index (χ2v) is 9.81. The average molecular weight is 558 g/mol. The van der Waals surface area contributed by atoms with Crippen LogP contribution in [0, 0.1) is 0 Å². The molecule has 1 atom stereocenters. The van der Waals surface area contributed by atoms with Crippen molar-refractivity contribution in [2.75, 3.05) is 46.4 Å². The molecular formula is C25H44IN5O. The highest BCUT2D eigenvalue weighted by atomic mass is 127. The molecule has 1 aromatic rings. The molecule has 2 fully saturated rings. The number of guanidine groups is 1. The number of halogens is 1. The first-order chi connectivity index (χ1) is 14.9. The molecule has 1 unspecified atom stereocenters. The smallest absolute Gasteiger partial charge is 0.191 e. The topological polar surface area (TPSA) is 60.9 Å². The molecule has 182 valence electrons. The first-order valence-corrected chi connectivity index (χ1v) is 12.0. The van der Waals surface area contributed by atoms with E-state index in [1.54, 1.807) is 0 Å². The molecule has 2 saturated heterocycles. The van der Waals surface area contributed by atoms with E-state index in [4.69, 9.17) is 4.74 Å². The lowest BCUT2D eigenvalue weighted by molar-refractivity contribution is 0.0354. The van der Waals surface area contributed by atoms with Crippen molar-refractivity contribution in [3.63, 3.8) is 0 Å². The minimum absolute atomic E-state index is 0. The van der Waals surface area contributed by atoms with Crippen LogP contribution in [0.2, 0.25) is 0 Å². The maximum absolute atomic E-state index is 5.69. The van der Waals surface area contributed by atoms with E-state index in [1.165, 1.54) is 37.9 Å². The molecule has 0 spiro atoms. The number of rotatable bonds is 8. The van der Waals surface area contributed by atoms with Crippen molar-refractivity contribution in [2.24, 2.45) is 4.99 Å². The first-order valence-electron chi connectivity index (χ1n) is 12.0. The van der Waals surface area contributed by atoms with Gasteiger partial charge in [0.25, 0.3) is 0 Å². The SMILES string of the molecule is CN=C(NCC1(NC(C)c2ccccc2)CCOCC1)NCC(C)(C)N1CCCCC1.I. The number of benzene rings is 1. The Labute approximate surface area is 212 Å². The molecule has 32 heavy (non-hydrogen) atoms. The monoisotopic (exact) mass is 557 g/mol. The van der Waals surface area contributed by atoms with Gasteiger partial charge in [-0.15, -0.1) is 24.0 Å². The summed E-state index contributed by atoms with van der Waals surface area (Å²) < 4.78 is 5.69. The Balaban J connectivity index is 0.00000363. The quantitative estimate of drug-likeness (QED) is 0.257. The van der Waals surface area contributed by atoms with Gasteiger partial charge in [-0.05, 0) is 65.1 Å². The molecular weight excluding hydrogens is 513 g/mol. The molecule has 0 saturated carbocycles. The molecule has 0 radical (unpaired) electrons. The molecule has 6 nitrogen and oxygen atoms in total. The van der Waals surface area contributed by atoms with Gasteiger partial charge in [-0.25, -0.2) is 0 Å². The number of nitrogens with zero attached hydrogens (tertiary/aromatic N) is 2. The Hall–Kier alpha value is -0.900.